The third-order valence-electron chi connectivity index (χ3n) is 3.58. The fourth-order valence-electron chi connectivity index (χ4n) is 2.41. The van der Waals surface area contributed by atoms with Gasteiger partial charge in [-0.15, -0.1) is 11.3 Å². The SMILES string of the molecule is O=C(CNc1ccccc1I)N[C@@H](c1ccccc1)c1cccs1. The van der Waals surface area contributed by atoms with Crippen LogP contribution in [-0.4, -0.2) is 12.5 Å². The largest absolute Gasteiger partial charge is 0.375 e. The number of anilines is 1. The Bertz CT molecular complexity index is 790. The van der Waals surface area contributed by atoms with E-state index in [9.17, 15) is 4.79 Å². The molecule has 0 aliphatic carbocycles. The van der Waals surface area contributed by atoms with Crippen molar-refractivity contribution in [1.82, 2.24) is 5.32 Å². The maximum atomic E-state index is 12.4. The maximum absolute atomic E-state index is 12.4. The molecule has 3 nitrogen and oxygen atoms in total. The smallest absolute Gasteiger partial charge is 0.240 e. The predicted octanol–water partition coefficient (Wildman–Crippen LogP) is 4.67. The van der Waals surface area contributed by atoms with Gasteiger partial charge in [0.15, 0.2) is 0 Å². The molecule has 0 aliphatic heterocycles. The molecule has 1 amide bonds. The summed E-state index contributed by atoms with van der Waals surface area (Å²) < 4.78 is 1.10. The highest BCUT2D eigenvalue weighted by atomic mass is 127. The molecule has 2 aromatic carbocycles. The Labute approximate surface area is 159 Å². The third kappa shape index (κ3) is 4.36. The van der Waals surface area contributed by atoms with Gasteiger partial charge in [-0.2, -0.15) is 0 Å². The van der Waals surface area contributed by atoms with Crippen LogP contribution in [-0.2, 0) is 4.79 Å². The Morgan fingerprint density at radius 2 is 1.75 bits per heavy atom. The number of rotatable bonds is 6. The van der Waals surface area contributed by atoms with Crippen molar-refractivity contribution in [3.63, 3.8) is 0 Å². The topological polar surface area (TPSA) is 41.1 Å². The van der Waals surface area contributed by atoms with Crippen LogP contribution >= 0.6 is 33.9 Å². The summed E-state index contributed by atoms with van der Waals surface area (Å²) in [6.07, 6.45) is 0. The van der Waals surface area contributed by atoms with E-state index in [0.29, 0.717) is 0 Å². The summed E-state index contributed by atoms with van der Waals surface area (Å²) >= 11 is 3.91. The van der Waals surface area contributed by atoms with Gasteiger partial charge in [0.2, 0.25) is 5.91 Å². The molecule has 5 heteroatoms. The minimum absolute atomic E-state index is 0.0306. The number of hydrogen-bond acceptors (Lipinski definition) is 3. The van der Waals surface area contributed by atoms with Gasteiger partial charge in [0.05, 0.1) is 12.6 Å². The first kappa shape index (κ1) is 17.0. The van der Waals surface area contributed by atoms with Crippen LogP contribution < -0.4 is 10.6 Å². The number of amides is 1. The maximum Gasteiger partial charge on any atom is 0.240 e. The fraction of sp³-hybridized carbons (Fsp3) is 0.105. The molecule has 0 unspecified atom stereocenters. The summed E-state index contributed by atoms with van der Waals surface area (Å²) in [5.41, 5.74) is 2.06. The minimum atomic E-state index is -0.115. The minimum Gasteiger partial charge on any atom is -0.375 e. The zero-order valence-electron chi connectivity index (χ0n) is 12.9. The molecule has 0 spiro atoms. The summed E-state index contributed by atoms with van der Waals surface area (Å²) in [4.78, 5) is 13.6. The van der Waals surface area contributed by atoms with Gasteiger partial charge in [0.1, 0.15) is 0 Å². The van der Waals surface area contributed by atoms with Crippen LogP contribution in [0.15, 0.2) is 72.1 Å². The number of hydrogen-bond donors (Lipinski definition) is 2. The molecule has 1 heterocycles. The van der Waals surface area contributed by atoms with Crippen molar-refractivity contribution < 1.29 is 4.79 Å². The molecule has 0 radical (unpaired) electrons. The molecular weight excluding hydrogens is 431 g/mol. The van der Waals surface area contributed by atoms with Crippen LogP contribution in [0.4, 0.5) is 5.69 Å². The lowest BCUT2D eigenvalue weighted by molar-refractivity contribution is -0.119. The highest BCUT2D eigenvalue weighted by Gasteiger charge is 2.17. The summed E-state index contributed by atoms with van der Waals surface area (Å²) in [5.74, 6) is -0.0306. The molecule has 3 rings (SSSR count). The molecule has 122 valence electrons. The van der Waals surface area contributed by atoms with Gasteiger partial charge in [0, 0.05) is 14.1 Å². The molecule has 0 fully saturated rings. The van der Waals surface area contributed by atoms with Gasteiger partial charge >= 0.3 is 0 Å². The average Bonchev–Trinajstić information content (AvgIpc) is 3.14. The van der Waals surface area contributed by atoms with Gasteiger partial charge in [0.25, 0.3) is 0 Å². The average molecular weight is 448 g/mol. The Hall–Kier alpha value is -1.86. The van der Waals surface area contributed by atoms with E-state index in [2.05, 4.69) is 39.3 Å². The number of para-hydroxylation sites is 1. The molecule has 0 saturated heterocycles. The second kappa shape index (κ2) is 8.30. The number of carbonyl (C=O) groups is 1. The van der Waals surface area contributed by atoms with Gasteiger partial charge in [-0.25, -0.2) is 0 Å². The number of benzene rings is 2. The second-order valence-electron chi connectivity index (χ2n) is 5.26. The molecule has 0 aliphatic rings. The Morgan fingerprint density at radius 3 is 2.46 bits per heavy atom. The fourth-order valence-corrected chi connectivity index (χ4v) is 3.79. The van der Waals surface area contributed by atoms with Gasteiger partial charge in [-0.3, -0.25) is 4.79 Å². The Kier molecular flexibility index (Phi) is 5.87. The van der Waals surface area contributed by atoms with E-state index < -0.39 is 0 Å². The quantitative estimate of drug-likeness (QED) is 0.539. The zero-order chi connectivity index (χ0) is 16.8. The van der Waals surface area contributed by atoms with Crippen LogP contribution in [0.3, 0.4) is 0 Å². The Morgan fingerprint density at radius 1 is 1.00 bits per heavy atom. The molecule has 2 N–H and O–H groups in total. The highest BCUT2D eigenvalue weighted by molar-refractivity contribution is 14.1. The standard InChI is InChI=1S/C19H17IN2OS/c20-15-9-4-5-10-16(15)21-13-18(23)22-19(17-11-6-12-24-17)14-7-2-1-3-8-14/h1-12,19,21H,13H2,(H,22,23)/t19-/m0/s1. The van der Waals surface area contributed by atoms with E-state index in [0.717, 1.165) is 19.7 Å². The first-order chi connectivity index (χ1) is 11.7. The first-order valence-corrected chi connectivity index (χ1v) is 9.56. The van der Waals surface area contributed by atoms with Crippen molar-refractivity contribution in [1.29, 1.82) is 0 Å². The van der Waals surface area contributed by atoms with E-state index in [4.69, 9.17) is 0 Å². The van der Waals surface area contributed by atoms with E-state index in [1.165, 1.54) is 0 Å². The van der Waals surface area contributed by atoms with Crippen LogP contribution in [0.2, 0.25) is 0 Å². The number of carbonyl (C=O) groups excluding carboxylic acids is 1. The van der Waals surface area contributed by atoms with Gasteiger partial charge in [-0.1, -0.05) is 48.5 Å². The molecule has 0 saturated carbocycles. The molecule has 1 aromatic heterocycles. The third-order valence-corrected chi connectivity index (χ3v) is 5.46. The van der Waals surface area contributed by atoms with E-state index >= 15 is 0 Å². The first-order valence-electron chi connectivity index (χ1n) is 7.60. The Balaban J connectivity index is 1.69. The number of thiophene rings is 1. The van der Waals surface area contributed by atoms with E-state index in [1.807, 2.05) is 66.0 Å². The molecule has 0 bridgehead atoms. The van der Waals surface area contributed by atoms with Gasteiger partial charge < -0.3 is 10.6 Å². The lowest BCUT2D eigenvalue weighted by Gasteiger charge is -2.18. The summed E-state index contributed by atoms with van der Waals surface area (Å²) in [6.45, 7) is 0.245. The summed E-state index contributed by atoms with van der Waals surface area (Å²) in [7, 11) is 0. The summed E-state index contributed by atoms with van der Waals surface area (Å²) in [5, 5.41) is 8.36. The lowest BCUT2D eigenvalue weighted by Crippen LogP contribution is -2.33. The normalized spacial score (nSPS) is 11.7. The van der Waals surface area contributed by atoms with Crippen molar-refractivity contribution in [3.8, 4) is 0 Å². The van der Waals surface area contributed by atoms with Crippen molar-refractivity contribution in [2.24, 2.45) is 0 Å². The van der Waals surface area contributed by atoms with Crippen LogP contribution in [0, 0.1) is 3.57 Å². The second-order valence-corrected chi connectivity index (χ2v) is 7.40. The molecular formula is C19H17IN2OS. The predicted molar refractivity (Wildman–Crippen MR) is 108 cm³/mol. The van der Waals surface area contributed by atoms with Crippen molar-refractivity contribution in [2.45, 2.75) is 6.04 Å². The number of halogens is 1. The monoisotopic (exact) mass is 448 g/mol. The van der Waals surface area contributed by atoms with Gasteiger partial charge in [-0.05, 0) is 51.7 Å². The molecule has 1 atom stereocenters. The van der Waals surface area contributed by atoms with Crippen LogP contribution in [0.1, 0.15) is 16.5 Å². The van der Waals surface area contributed by atoms with Crippen molar-refractivity contribution >= 4 is 45.5 Å². The van der Waals surface area contributed by atoms with Crippen molar-refractivity contribution in [3.05, 3.63) is 86.1 Å². The van der Waals surface area contributed by atoms with Crippen LogP contribution in [0.25, 0.3) is 0 Å². The summed E-state index contributed by atoms with van der Waals surface area (Å²) in [6, 6.07) is 21.9. The molecule has 3 aromatic rings. The zero-order valence-corrected chi connectivity index (χ0v) is 15.9. The highest BCUT2D eigenvalue weighted by Crippen LogP contribution is 2.25. The van der Waals surface area contributed by atoms with E-state index in [-0.39, 0.29) is 18.5 Å². The van der Waals surface area contributed by atoms with Crippen molar-refractivity contribution in [2.75, 3.05) is 11.9 Å². The molecule has 24 heavy (non-hydrogen) atoms. The van der Waals surface area contributed by atoms with Crippen LogP contribution in [0.5, 0.6) is 0 Å². The number of nitrogens with one attached hydrogen (secondary N) is 2. The van der Waals surface area contributed by atoms with E-state index in [1.54, 1.807) is 11.3 Å². The lowest BCUT2D eigenvalue weighted by atomic mass is 10.1.